The first kappa shape index (κ1) is 11.6. The summed E-state index contributed by atoms with van der Waals surface area (Å²) in [6.45, 7) is 3.33. The molecule has 16 heavy (non-hydrogen) atoms. The fourth-order valence-electron chi connectivity index (χ4n) is 2.21. The average molecular weight is 240 g/mol. The van der Waals surface area contributed by atoms with Gasteiger partial charge < -0.3 is 5.32 Å². The maximum Gasteiger partial charge on any atom is 0.149 e. The van der Waals surface area contributed by atoms with Gasteiger partial charge in [0.15, 0.2) is 0 Å². The smallest absolute Gasteiger partial charge is 0.149 e. The first-order valence-electron chi connectivity index (χ1n) is 5.95. The molecular formula is C12H18ClN3. The number of halogens is 1. The van der Waals surface area contributed by atoms with Crippen molar-refractivity contribution in [3.63, 3.8) is 0 Å². The van der Waals surface area contributed by atoms with Crippen LogP contribution in [0.15, 0.2) is 12.4 Å². The molecule has 2 rings (SSSR count). The Labute approximate surface area is 102 Å². The summed E-state index contributed by atoms with van der Waals surface area (Å²) in [4.78, 5) is 8.17. The first-order valence-corrected chi connectivity index (χ1v) is 6.33. The highest BCUT2D eigenvalue weighted by molar-refractivity contribution is 6.29. The number of anilines is 1. The van der Waals surface area contributed by atoms with E-state index in [1.54, 1.807) is 12.4 Å². The van der Waals surface area contributed by atoms with Gasteiger partial charge in [-0.15, -0.1) is 0 Å². The van der Waals surface area contributed by atoms with Crippen molar-refractivity contribution < 1.29 is 0 Å². The zero-order chi connectivity index (χ0) is 11.4. The van der Waals surface area contributed by atoms with E-state index < -0.39 is 0 Å². The van der Waals surface area contributed by atoms with Crippen LogP contribution in [0.2, 0.25) is 5.15 Å². The normalized spacial score (nSPS) is 25.4. The highest BCUT2D eigenvalue weighted by atomic mass is 35.5. The summed E-state index contributed by atoms with van der Waals surface area (Å²) >= 11 is 5.77. The monoisotopic (exact) mass is 239 g/mol. The Morgan fingerprint density at radius 1 is 1.31 bits per heavy atom. The third-order valence-corrected chi connectivity index (χ3v) is 3.49. The number of nitrogens with one attached hydrogen (secondary N) is 1. The standard InChI is InChI=1S/C12H18ClN3/c1-9-2-4-10(5-3-9)6-15-12-8-14-7-11(13)16-12/h7-10H,2-6H2,1H3,(H,15,16). The molecule has 0 amide bonds. The lowest BCUT2D eigenvalue weighted by Crippen LogP contribution is -2.20. The van der Waals surface area contributed by atoms with Gasteiger partial charge in [-0.25, -0.2) is 4.98 Å². The van der Waals surface area contributed by atoms with Gasteiger partial charge in [0.05, 0.1) is 12.4 Å². The second-order valence-electron chi connectivity index (χ2n) is 4.73. The molecule has 0 radical (unpaired) electrons. The third-order valence-electron chi connectivity index (χ3n) is 3.31. The zero-order valence-corrected chi connectivity index (χ0v) is 10.4. The molecule has 0 unspecified atom stereocenters. The quantitative estimate of drug-likeness (QED) is 0.879. The summed E-state index contributed by atoms with van der Waals surface area (Å²) in [5.74, 6) is 2.46. The summed E-state index contributed by atoms with van der Waals surface area (Å²) in [5.41, 5.74) is 0. The molecule has 1 fully saturated rings. The average Bonchev–Trinajstić information content (AvgIpc) is 2.28. The van der Waals surface area contributed by atoms with Gasteiger partial charge in [-0.3, -0.25) is 4.98 Å². The molecule has 1 aliphatic rings. The van der Waals surface area contributed by atoms with E-state index in [1.165, 1.54) is 25.7 Å². The van der Waals surface area contributed by atoms with Crippen LogP contribution >= 0.6 is 11.6 Å². The van der Waals surface area contributed by atoms with Crippen molar-refractivity contribution in [1.82, 2.24) is 9.97 Å². The van der Waals surface area contributed by atoms with Crippen molar-refractivity contribution in [1.29, 1.82) is 0 Å². The van der Waals surface area contributed by atoms with Gasteiger partial charge in [0.2, 0.25) is 0 Å². The molecule has 0 spiro atoms. The molecule has 0 aromatic carbocycles. The van der Waals surface area contributed by atoms with Crippen molar-refractivity contribution in [2.75, 3.05) is 11.9 Å². The molecule has 0 atom stereocenters. The molecule has 1 aromatic rings. The molecule has 0 saturated heterocycles. The van der Waals surface area contributed by atoms with E-state index in [0.29, 0.717) is 5.15 Å². The Bertz CT molecular complexity index is 335. The van der Waals surface area contributed by atoms with E-state index in [1.807, 2.05) is 0 Å². The minimum Gasteiger partial charge on any atom is -0.368 e. The van der Waals surface area contributed by atoms with Gasteiger partial charge in [0.1, 0.15) is 11.0 Å². The van der Waals surface area contributed by atoms with Crippen molar-refractivity contribution in [3.8, 4) is 0 Å². The number of aromatic nitrogens is 2. The van der Waals surface area contributed by atoms with E-state index >= 15 is 0 Å². The maximum absolute atomic E-state index is 5.77. The van der Waals surface area contributed by atoms with Gasteiger partial charge in [-0.1, -0.05) is 31.4 Å². The highest BCUT2D eigenvalue weighted by Crippen LogP contribution is 2.28. The molecule has 88 valence electrons. The van der Waals surface area contributed by atoms with Crippen molar-refractivity contribution in [2.45, 2.75) is 32.6 Å². The molecule has 4 heteroatoms. The summed E-state index contributed by atoms with van der Waals surface area (Å²) in [5, 5.41) is 3.76. The molecule has 1 aromatic heterocycles. The van der Waals surface area contributed by atoms with Gasteiger partial charge in [0.25, 0.3) is 0 Å². The lowest BCUT2D eigenvalue weighted by molar-refractivity contribution is 0.300. The van der Waals surface area contributed by atoms with Crippen molar-refractivity contribution in [3.05, 3.63) is 17.5 Å². The molecule has 1 aliphatic carbocycles. The molecule has 0 bridgehead atoms. The van der Waals surface area contributed by atoms with Crippen LogP contribution in [0.4, 0.5) is 5.82 Å². The second-order valence-corrected chi connectivity index (χ2v) is 5.12. The number of hydrogen-bond acceptors (Lipinski definition) is 3. The number of nitrogens with zero attached hydrogens (tertiary/aromatic N) is 2. The van der Waals surface area contributed by atoms with E-state index in [9.17, 15) is 0 Å². The Kier molecular flexibility index (Phi) is 3.99. The van der Waals surface area contributed by atoms with Crippen LogP contribution in [0.1, 0.15) is 32.6 Å². The number of rotatable bonds is 3. The lowest BCUT2D eigenvalue weighted by Gasteiger charge is -2.26. The van der Waals surface area contributed by atoms with Gasteiger partial charge in [0, 0.05) is 6.54 Å². The van der Waals surface area contributed by atoms with Crippen molar-refractivity contribution >= 4 is 17.4 Å². The summed E-state index contributed by atoms with van der Waals surface area (Å²) in [6.07, 6.45) is 8.62. The summed E-state index contributed by atoms with van der Waals surface area (Å²) < 4.78 is 0. The molecule has 1 N–H and O–H groups in total. The molecule has 1 saturated carbocycles. The van der Waals surface area contributed by atoms with Gasteiger partial charge in [-0.2, -0.15) is 0 Å². The number of hydrogen-bond donors (Lipinski definition) is 1. The van der Waals surface area contributed by atoms with Gasteiger partial charge >= 0.3 is 0 Å². The fourth-order valence-corrected chi connectivity index (χ4v) is 2.36. The van der Waals surface area contributed by atoms with Crippen LogP contribution < -0.4 is 5.32 Å². The second kappa shape index (κ2) is 5.48. The van der Waals surface area contributed by atoms with Crippen LogP contribution in [0.5, 0.6) is 0 Å². The Hall–Kier alpha value is -0.830. The Balaban J connectivity index is 1.79. The first-order chi connectivity index (χ1) is 7.74. The van der Waals surface area contributed by atoms with E-state index in [4.69, 9.17) is 11.6 Å². The minimum atomic E-state index is 0.447. The summed E-state index contributed by atoms with van der Waals surface area (Å²) in [6, 6.07) is 0. The van der Waals surface area contributed by atoms with E-state index in [2.05, 4.69) is 22.2 Å². The SMILES string of the molecule is CC1CCC(CNc2cncc(Cl)n2)CC1. The van der Waals surface area contributed by atoms with Crippen LogP contribution in [-0.2, 0) is 0 Å². The fraction of sp³-hybridized carbons (Fsp3) is 0.667. The Morgan fingerprint density at radius 2 is 2.06 bits per heavy atom. The third kappa shape index (κ3) is 3.34. The topological polar surface area (TPSA) is 37.8 Å². The minimum absolute atomic E-state index is 0.447. The van der Waals surface area contributed by atoms with Crippen molar-refractivity contribution in [2.24, 2.45) is 11.8 Å². The predicted molar refractivity (Wildman–Crippen MR) is 66.7 cm³/mol. The molecular weight excluding hydrogens is 222 g/mol. The van der Waals surface area contributed by atoms with E-state index in [0.717, 1.165) is 24.2 Å². The largest absolute Gasteiger partial charge is 0.368 e. The van der Waals surface area contributed by atoms with Crippen LogP contribution in [0.3, 0.4) is 0 Å². The van der Waals surface area contributed by atoms with E-state index in [-0.39, 0.29) is 0 Å². The Morgan fingerprint density at radius 3 is 2.75 bits per heavy atom. The molecule has 0 aliphatic heterocycles. The lowest BCUT2D eigenvalue weighted by atomic mass is 9.83. The van der Waals surface area contributed by atoms with Gasteiger partial charge in [-0.05, 0) is 24.7 Å². The maximum atomic E-state index is 5.77. The molecule has 3 nitrogen and oxygen atoms in total. The zero-order valence-electron chi connectivity index (χ0n) is 9.62. The summed E-state index contributed by atoms with van der Waals surface area (Å²) in [7, 11) is 0. The highest BCUT2D eigenvalue weighted by Gasteiger charge is 2.17. The predicted octanol–water partition coefficient (Wildman–Crippen LogP) is 3.37. The molecule has 1 heterocycles. The van der Waals surface area contributed by atoms with Crippen LogP contribution in [-0.4, -0.2) is 16.5 Å². The van der Waals surface area contributed by atoms with Crippen LogP contribution in [0, 0.1) is 11.8 Å². The van der Waals surface area contributed by atoms with Crippen LogP contribution in [0.25, 0.3) is 0 Å².